The van der Waals surface area contributed by atoms with E-state index in [-0.39, 0.29) is 5.41 Å². The Morgan fingerprint density at radius 1 is 1.33 bits per heavy atom. The van der Waals surface area contributed by atoms with Crippen molar-refractivity contribution in [3.05, 3.63) is 29.3 Å². The van der Waals surface area contributed by atoms with Crippen LogP contribution in [0.4, 0.5) is 0 Å². The molecule has 0 spiro atoms. The number of fused-ring (bicyclic) bond motifs is 1. The quantitative estimate of drug-likeness (QED) is 0.765. The molecule has 0 fully saturated rings. The van der Waals surface area contributed by atoms with E-state index in [1.54, 1.807) is 0 Å². The molecule has 2 heteroatoms. The minimum atomic E-state index is -0.467. The first kappa shape index (κ1) is 10.5. The summed E-state index contributed by atoms with van der Waals surface area (Å²) >= 11 is 0. The van der Waals surface area contributed by atoms with Crippen LogP contribution in [0.25, 0.3) is 0 Å². The molecule has 0 saturated heterocycles. The van der Waals surface area contributed by atoms with Crippen molar-refractivity contribution in [2.75, 3.05) is 6.61 Å². The first-order chi connectivity index (χ1) is 7.00. The average molecular weight is 206 g/mol. The zero-order chi connectivity index (χ0) is 11.1. The Kier molecular flexibility index (Phi) is 2.47. The second kappa shape index (κ2) is 3.53. The molecule has 0 amide bonds. The molecule has 1 heterocycles. The van der Waals surface area contributed by atoms with Gasteiger partial charge in [-0.2, -0.15) is 0 Å². The lowest BCUT2D eigenvalue weighted by Gasteiger charge is -2.27. The Labute approximate surface area is 90.9 Å². The maximum absolute atomic E-state index is 10.2. The summed E-state index contributed by atoms with van der Waals surface area (Å²) in [4.78, 5) is 0. The molecule has 82 valence electrons. The predicted octanol–water partition coefficient (Wildman–Crippen LogP) is 2.70. The van der Waals surface area contributed by atoms with Crippen LogP contribution in [0.15, 0.2) is 18.2 Å². The number of aliphatic hydroxyl groups excluding tert-OH is 1. The first-order valence-corrected chi connectivity index (χ1v) is 5.43. The van der Waals surface area contributed by atoms with Gasteiger partial charge in [-0.1, -0.05) is 39.0 Å². The Morgan fingerprint density at radius 2 is 2.07 bits per heavy atom. The highest BCUT2D eigenvalue weighted by Gasteiger charge is 2.28. The molecule has 0 aliphatic carbocycles. The van der Waals surface area contributed by atoms with Crippen LogP contribution < -0.4 is 4.74 Å². The van der Waals surface area contributed by atoms with Crippen molar-refractivity contribution in [3.8, 4) is 5.75 Å². The molecule has 2 rings (SSSR count). The molecule has 1 aliphatic heterocycles. The van der Waals surface area contributed by atoms with Crippen LogP contribution in [-0.4, -0.2) is 11.7 Å². The first-order valence-electron chi connectivity index (χ1n) is 5.43. The minimum absolute atomic E-state index is 0.152. The molecule has 1 unspecified atom stereocenters. The number of para-hydroxylation sites is 1. The van der Waals surface area contributed by atoms with Gasteiger partial charge in [-0.05, 0) is 11.0 Å². The highest BCUT2D eigenvalue weighted by molar-refractivity contribution is 5.45. The number of hydrogen-bond donors (Lipinski definition) is 1. The van der Waals surface area contributed by atoms with Crippen molar-refractivity contribution in [2.45, 2.75) is 33.3 Å². The summed E-state index contributed by atoms with van der Waals surface area (Å²) in [5.74, 6) is 0.903. The van der Waals surface area contributed by atoms with Gasteiger partial charge in [-0.15, -0.1) is 0 Å². The molecular formula is C13H18O2. The number of rotatable bonds is 1. The predicted molar refractivity (Wildman–Crippen MR) is 60.1 cm³/mol. The smallest absolute Gasteiger partial charge is 0.128 e. The van der Waals surface area contributed by atoms with Crippen LogP contribution in [0.2, 0.25) is 0 Å². The van der Waals surface area contributed by atoms with Gasteiger partial charge in [-0.25, -0.2) is 0 Å². The van der Waals surface area contributed by atoms with Crippen LogP contribution >= 0.6 is 0 Å². The second-order valence-electron chi connectivity index (χ2n) is 5.20. The summed E-state index contributed by atoms with van der Waals surface area (Å²) < 4.78 is 5.59. The van der Waals surface area contributed by atoms with Gasteiger partial charge in [0.05, 0.1) is 12.7 Å². The molecular weight excluding hydrogens is 188 g/mol. The molecule has 1 aliphatic rings. The summed E-state index contributed by atoms with van der Waals surface area (Å²) in [5, 5.41) is 10.2. The number of benzene rings is 1. The summed E-state index contributed by atoms with van der Waals surface area (Å²) in [5.41, 5.74) is 1.99. The molecule has 1 aromatic rings. The van der Waals surface area contributed by atoms with E-state index in [1.165, 1.54) is 5.56 Å². The zero-order valence-corrected chi connectivity index (χ0v) is 9.58. The van der Waals surface area contributed by atoms with E-state index in [0.29, 0.717) is 0 Å². The summed E-state index contributed by atoms with van der Waals surface area (Å²) in [6, 6.07) is 6.03. The average Bonchev–Trinajstić information content (AvgIpc) is 2.62. The molecule has 1 aromatic carbocycles. The summed E-state index contributed by atoms with van der Waals surface area (Å²) in [6.07, 6.45) is 0.491. The number of ether oxygens (including phenoxy) is 1. The Morgan fingerprint density at radius 3 is 2.73 bits per heavy atom. The Balaban J connectivity index is 2.41. The lowest BCUT2D eigenvalue weighted by molar-refractivity contribution is 0.0603. The fraction of sp³-hybridized carbons (Fsp3) is 0.538. The second-order valence-corrected chi connectivity index (χ2v) is 5.20. The lowest BCUT2D eigenvalue weighted by atomic mass is 9.84. The lowest BCUT2D eigenvalue weighted by Crippen LogP contribution is -2.18. The fourth-order valence-electron chi connectivity index (χ4n) is 1.92. The van der Waals surface area contributed by atoms with Crippen molar-refractivity contribution in [1.82, 2.24) is 0 Å². The maximum Gasteiger partial charge on any atom is 0.128 e. The van der Waals surface area contributed by atoms with Gasteiger partial charge >= 0.3 is 0 Å². The molecule has 2 nitrogen and oxygen atoms in total. The van der Waals surface area contributed by atoms with E-state index >= 15 is 0 Å². The third-order valence-electron chi connectivity index (χ3n) is 2.86. The number of hydrogen-bond acceptors (Lipinski definition) is 2. The standard InChI is InChI=1S/C13H18O2/c1-13(2,3)12(14)10-6-4-5-9-7-8-15-11(9)10/h4-6,12,14H,7-8H2,1-3H3. The molecule has 0 bridgehead atoms. The van der Waals surface area contributed by atoms with Crippen LogP contribution in [-0.2, 0) is 6.42 Å². The van der Waals surface area contributed by atoms with Crippen molar-refractivity contribution in [2.24, 2.45) is 5.41 Å². The summed E-state index contributed by atoms with van der Waals surface area (Å²) in [6.45, 7) is 6.84. The third-order valence-corrected chi connectivity index (χ3v) is 2.86. The highest BCUT2D eigenvalue weighted by Crippen LogP contribution is 2.40. The van der Waals surface area contributed by atoms with Crippen LogP contribution in [0.3, 0.4) is 0 Å². The fourth-order valence-corrected chi connectivity index (χ4v) is 1.92. The van der Waals surface area contributed by atoms with E-state index in [1.807, 2.05) is 32.9 Å². The van der Waals surface area contributed by atoms with E-state index in [2.05, 4.69) is 6.07 Å². The summed E-state index contributed by atoms with van der Waals surface area (Å²) in [7, 11) is 0. The Bertz CT molecular complexity index is 363. The van der Waals surface area contributed by atoms with Gasteiger partial charge in [-0.3, -0.25) is 0 Å². The Hall–Kier alpha value is -1.02. The van der Waals surface area contributed by atoms with Crippen molar-refractivity contribution in [1.29, 1.82) is 0 Å². The van der Waals surface area contributed by atoms with E-state index in [4.69, 9.17) is 4.74 Å². The molecule has 0 aromatic heterocycles. The topological polar surface area (TPSA) is 29.5 Å². The molecule has 0 saturated carbocycles. The minimum Gasteiger partial charge on any atom is -0.493 e. The van der Waals surface area contributed by atoms with Gasteiger partial charge in [0.1, 0.15) is 5.75 Å². The molecule has 1 atom stereocenters. The largest absolute Gasteiger partial charge is 0.493 e. The molecule has 0 radical (unpaired) electrons. The van der Waals surface area contributed by atoms with E-state index in [9.17, 15) is 5.11 Å². The maximum atomic E-state index is 10.2. The van der Waals surface area contributed by atoms with Crippen LogP contribution in [0, 0.1) is 5.41 Å². The highest BCUT2D eigenvalue weighted by atomic mass is 16.5. The molecule has 1 N–H and O–H groups in total. The van der Waals surface area contributed by atoms with Crippen molar-refractivity contribution < 1.29 is 9.84 Å². The van der Waals surface area contributed by atoms with Gasteiger partial charge in [0.15, 0.2) is 0 Å². The SMILES string of the molecule is CC(C)(C)C(O)c1cccc2c1OCC2. The van der Waals surface area contributed by atoms with Gasteiger partial charge in [0.25, 0.3) is 0 Å². The normalized spacial score (nSPS) is 17.1. The van der Waals surface area contributed by atoms with Crippen molar-refractivity contribution in [3.63, 3.8) is 0 Å². The van der Waals surface area contributed by atoms with Gasteiger partial charge in [0, 0.05) is 12.0 Å². The van der Waals surface area contributed by atoms with Crippen LogP contribution in [0.5, 0.6) is 5.75 Å². The monoisotopic (exact) mass is 206 g/mol. The zero-order valence-electron chi connectivity index (χ0n) is 9.58. The van der Waals surface area contributed by atoms with Crippen LogP contribution in [0.1, 0.15) is 38.0 Å². The number of aliphatic hydroxyl groups is 1. The van der Waals surface area contributed by atoms with Gasteiger partial charge in [0.2, 0.25) is 0 Å². The van der Waals surface area contributed by atoms with Gasteiger partial charge < -0.3 is 9.84 Å². The van der Waals surface area contributed by atoms with E-state index < -0.39 is 6.10 Å². The molecule has 15 heavy (non-hydrogen) atoms. The van der Waals surface area contributed by atoms with Crippen molar-refractivity contribution >= 4 is 0 Å². The van der Waals surface area contributed by atoms with E-state index in [0.717, 1.165) is 24.3 Å². The third kappa shape index (κ3) is 1.86.